The van der Waals surface area contributed by atoms with E-state index in [0.717, 1.165) is 38.6 Å². The molecule has 0 aliphatic carbocycles. The molecule has 0 amide bonds. The second-order valence-corrected chi connectivity index (χ2v) is 12.1. The van der Waals surface area contributed by atoms with Gasteiger partial charge in [0, 0.05) is 46.9 Å². The molecular weight excluding hydrogens is 652 g/mol. The van der Waals surface area contributed by atoms with Crippen LogP contribution in [0.2, 0.25) is 0 Å². The molecule has 0 radical (unpaired) electrons. The summed E-state index contributed by atoms with van der Waals surface area (Å²) in [7, 11) is 0. The lowest BCUT2D eigenvalue weighted by atomic mass is 10.1. The van der Waals surface area contributed by atoms with E-state index in [0.29, 0.717) is 40.3 Å². The highest BCUT2D eigenvalue weighted by Crippen LogP contribution is 2.42. The van der Waals surface area contributed by atoms with Crippen LogP contribution in [0.15, 0.2) is 176 Å². The second-order valence-electron chi connectivity index (χ2n) is 12.1. The fourth-order valence-corrected chi connectivity index (χ4v) is 6.39. The summed E-state index contributed by atoms with van der Waals surface area (Å²) < 4.78 is 37.3. The minimum atomic E-state index is -0.353. The Kier molecular flexibility index (Phi) is 7.86. The molecule has 3 heterocycles. The van der Waals surface area contributed by atoms with Crippen molar-refractivity contribution in [2.75, 3.05) is 0 Å². The molecule has 9 aromatic rings. The van der Waals surface area contributed by atoms with Gasteiger partial charge in [-0.1, -0.05) is 66.7 Å². The van der Waals surface area contributed by atoms with Crippen molar-refractivity contribution in [2.45, 2.75) is 0 Å². The minimum Gasteiger partial charge on any atom is -0.457 e. The predicted octanol–water partition coefficient (Wildman–Crippen LogP) is 11.5. The molecule has 0 saturated heterocycles. The Bertz CT molecular complexity index is 2630. The molecule has 0 spiro atoms. The Hall–Kier alpha value is -7.19. The summed E-state index contributed by atoms with van der Waals surface area (Å²) in [4.78, 5) is 4.47. The maximum Gasteiger partial charge on any atom is 0.140 e. The third-order valence-electron chi connectivity index (χ3n) is 8.70. The lowest BCUT2D eigenvalue weighted by Gasteiger charge is -2.15. The molecule has 8 heteroatoms. The van der Waals surface area contributed by atoms with Crippen molar-refractivity contribution in [1.29, 1.82) is 0 Å². The van der Waals surface area contributed by atoms with Crippen molar-refractivity contribution in [3.05, 3.63) is 182 Å². The van der Waals surface area contributed by atoms with Crippen LogP contribution in [0.25, 0.3) is 44.4 Å². The van der Waals surface area contributed by atoms with Crippen molar-refractivity contribution < 1.29 is 18.6 Å². The Morgan fingerprint density at radius 2 is 1.17 bits per heavy atom. The molecule has 250 valence electrons. The van der Waals surface area contributed by atoms with E-state index < -0.39 is 0 Å². The predicted molar refractivity (Wildman–Crippen MR) is 201 cm³/mol. The van der Waals surface area contributed by atoms with E-state index in [-0.39, 0.29) is 5.82 Å². The van der Waals surface area contributed by atoms with Crippen LogP contribution in [0.5, 0.6) is 34.5 Å². The van der Waals surface area contributed by atoms with Gasteiger partial charge in [0.2, 0.25) is 0 Å². The van der Waals surface area contributed by atoms with E-state index in [1.807, 2.05) is 150 Å². The standard InChI is InChI=1S/C44H29FN4O3/c45-31-23-24-46-43(25-31)49-39-18-8-7-17-37(39)38-22-21-36(27-40(38)49)50-35-16-9-11-32(26-35)48-29-30(28-47-48)44-41(51-33-12-3-1-4-13-33)19-10-20-42(44)52-34-14-5-2-6-15-34/h1-29H. The highest BCUT2D eigenvalue weighted by Gasteiger charge is 2.18. The number of fused-ring (bicyclic) bond motifs is 3. The van der Waals surface area contributed by atoms with Gasteiger partial charge in [-0.3, -0.25) is 4.57 Å². The molecule has 0 aliphatic heterocycles. The Morgan fingerprint density at radius 1 is 0.519 bits per heavy atom. The summed E-state index contributed by atoms with van der Waals surface area (Å²) in [6.07, 6.45) is 5.22. The molecule has 52 heavy (non-hydrogen) atoms. The molecule has 7 nitrogen and oxygen atoms in total. The number of hydrogen-bond donors (Lipinski definition) is 0. The summed E-state index contributed by atoms with van der Waals surface area (Å²) >= 11 is 0. The van der Waals surface area contributed by atoms with Crippen LogP contribution in [0, 0.1) is 5.82 Å². The smallest absolute Gasteiger partial charge is 0.140 e. The highest BCUT2D eigenvalue weighted by atomic mass is 19.1. The van der Waals surface area contributed by atoms with Gasteiger partial charge in [-0.15, -0.1) is 0 Å². The number of rotatable bonds is 9. The van der Waals surface area contributed by atoms with Gasteiger partial charge >= 0.3 is 0 Å². The fraction of sp³-hybridized carbons (Fsp3) is 0. The maximum absolute atomic E-state index is 14.3. The van der Waals surface area contributed by atoms with E-state index in [9.17, 15) is 4.39 Å². The molecule has 0 unspecified atom stereocenters. The number of nitrogens with zero attached hydrogens (tertiary/aromatic N) is 4. The number of ether oxygens (including phenoxy) is 3. The second kappa shape index (κ2) is 13.3. The molecule has 9 rings (SSSR count). The quantitative estimate of drug-likeness (QED) is 0.152. The van der Waals surface area contributed by atoms with Crippen LogP contribution in [0.3, 0.4) is 0 Å². The minimum absolute atomic E-state index is 0.353. The summed E-state index contributed by atoms with van der Waals surface area (Å²) in [5.41, 5.74) is 4.17. The number of aromatic nitrogens is 4. The van der Waals surface area contributed by atoms with Crippen molar-refractivity contribution in [2.24, 2.45) is 0 Å². The summed E-state index contributed by atoms with van der Waals surface area (Å²) in [6, 6.07) is 49.5. The number of halogens is 1. The van der Waals surface area contributed by atoms with Crippen LogP contribution in [-0.2, 0) is 0 Å². The van der Waals surface area contributed by atoms with Gasteiger partial charge in [0.1, 0.15) is 46.1 Å². The third-order valence-corrected chi connectivity index (χ3v) is 8.70. The van der Waals surface area contributed by atoms with Crippen molar-refractivity contribution in [3.63, 3.8) is 0 Å². The number of hydrogen-bond acceptors (Lipinski definition) is 5. The molecule has 0 atom stereocenters. The van der Waals surface area contributed by atoms with Crippen LogP contribution in [0.1, 0.15) is 0 Å². The lowest BCUT2D eigenvalue weighted by molar-refractivity contribution is 0.463. The first-order valence-corrected chi connectivity index (χ1v) is 16.7. The average molecular weight is 681 g/mol. The van der Waals surface area contributed by atoms with Gasteiger partial charge in [0.15, 0.2) is 0 Å². The first kappa shape index (κ1) is 30.8. The van der Waals surface area contributed by atoms with Gasteiger partial charge < -0.3 is 14.2 Å². The fourth-order valence-electron chi connectivity index (χ4n) is 6.39. The van der Waals surface area contributed by atoms with E-state index in [2.05, 4.69) is 11.1 Å². The summed E-state index contributed by atoms with van der Waals surface area (Å²) in [6.45, 7) is 0. The van der Waals surface area contributed by atoms with E-state index >= 15 is 0 Å². The van der Waals surface area contributed by atoms with Gasteiger partial charge in [-0.2, -0.15) is 5.10 Å². The molecule has 0 N–H and O–H groups in total. The van der Waals surface area contributed by atoms with E-state index in [1.54, 1.807) is 10.9 Å². The summed E-state index contributed by atoms with van der Waals surface area (Å²) in [5.74, 6) is 4.09. The zero-order chi connectivity index (χ0) is 34.9. The first-order chi connectivity index (χ1) is 25.7. The molecule has 0 saturated carbocycles. The largest absolute Gasteiger partial charge is 0.457 e. The topological polar surface area (TPSA) is 63.3 Å². The molecule has 3 aromatic heterocycles. The monoisotopic (exact) mass is 680 g/mol. The van der Waals surface area contributed by atoms with Crippen molar-refractivity contribution in [3.8, 4) is 57.1 Å². The van der Waals surface area contributed by atoms with Crippen molar-refractivity contribution in [1.82, 2.24) is 19.3 Å². The Labute approximate surface area is 298 Å². The van der Waals surface area contributed by atoms with Crippen LogP contribution < -0.4 is 14.2 Å². The molecule has 0 fully saturated rings. The Morgan fingerprint density at radius 3 is 1.92 bits per heavy atom. The molecule has 0 aliphatic rings. The van der Waals surface area contributed by atoms with Gasteiger partial charge in [-0.25, -0.2) is 14.1 Å². The Balaban J connectivity index is 1.06. The van der Waals surface area contributed by atoms with Crippen molar-refractivity contribution >= 4 is 21.8 Å². The molecular formula is C44H29FN4O3. The van der Waals surface area contributed by atoms with Crippen LogP contribution in [0.4, 0.5) is 4.39 Å². The van der Waals surface area contributed by atoms with E-state index in [4.69, 9.17) is 19.3 Å². The first-order valence-electron chi connectivity index (χ1n) is 16.7. The molecule has 6 aromatic carbocycles. The van der Waals surface area contributed by atoms with Gasteiger partial charge in [-0.05, 0) is 72.8 Å². The number of para-hydroxylation sites is 3. The number of benzene rings is 6. The van der Waals surface area contributed by atoms with Gasteiger partial charge in [0.05, 0.1) is 28.5 Å². The maximum atomic E-state index is 14.3. The lowest BCUT2D eigenvalue weighted by Crippen LogP contribution is -1.98. The summed E-state index contributed by atoms with van der Waals surface area (Å²) in [5, 5.41) is 6.79. The zero-order valence-corrected chi connectivity index (χ0v) is 27.6. The molecule has 0 bridgehead atoms. The van der Waals surface area contributed by atoms with Gasteiger partial charge in [0.25, 0.3) is 0 Å². The van der Waals surface area contributed by atoms with E-state index in [1.165, 1.54) is 18.3 Å². The highest BCUT2D eigenvalue weighted by molar-refractivity contribution is 6.09. The zero-order valence-electron chi connectivity index (χ0n) is 27.6. The third kappa shape index (κ3) is 5.99. The van der Waals surface area contributed by atoms with Crippen LogP contribution >= 0.6 is 0 Å². The average Bonchev–Trinajstić information content (AvgIpc) is 3.79. The number of pyridine rings is 1. The SMILES string of the molecule is Fc1ccnc(-n2c3ccccc3c3ccc(Oc4cccc(-n5cc(-c6c(Oc7ccccc7)cccc6Oc6ccccc6)cn5)c4)cc32)c1. The van der Waals surface area contributed by atoms with Crippen LogP contribution in [-0.4, -0.2) is 19.3 Å². The normalized spacial score (nSPS) is 11.2.